The molecule has 6 heterocycles. The summed E-state index contributed by atoms with van der Waals surface area (Å²) in [7, 11) is 0. The second kappa shape index (κ2) is 10.9. The van der Waals surface area contributed by atoms with Crippen molar-refractivity contribution in [3.63, 3.8) is 0 Å². The molecule has 3 aliphatic heterocycles. The van der Waals surface area contributed by atoms with E-state index in [1.54, 1.807) is 23.3 Å². The lowest BCUT2D eigenvalue weighted by Gasteiger charge is -2.39. The Morgan fingerprint density at radius 2 is 1.76 bits per heavy atom. The van der Waals surface area contributed by atoms with E-state index in [9.17, 15) is 10.2 Å². The van der Waals surface area contributed by atoms with Gasteiger partial charge in [0, 0.05) is 24.8 Å². The van der Waals surface area contributed by atoms with Crippen LogP contribution in [0.5, 0.6) is 11.8 Å². The number of nitrogens with zero attached hydrogens (tertiary/aromatic N) is 8. The van der Waals surface area contributed by atoms with Crippen LogP contribution in [0.1, 0.15) is 38.5 Å². The summed E-state index contributed by atoms with van der Waals surface area (Å²) in [5.41, 5.74) is -0.280. The first-order chi connectivity index (χ1) is 21.9. The number of phenols is 1. The molecule has 3 saturated heterocycles. The maximum atomic E-state index is 16.7. The number of piperidine rings is 1. The molecule has 0 radical (unpaired) electrons. The molecule has 45 heavy (non-hydrogen) atoms. The second-order valence-electron chi connectivity index (χ2n) is 12.7. The maximum absolute atomic E-state index is 16.7. The van der Waals surface area contributed by atoms with Gasteiger partial charge in [-0.15, -0.1) is 0 Å². The molecule has 0 bridgehead atoms. The zero-order valence-corrected chi connectivity index (χ0v) is 24.9. The second-order valence-corrected chi connectivity index (χ2v) is 12.7. The molecule has 5 aromatic rings. The standard InChI is InChI=1S/C33H35FN8O3/c34-27-28(25-16-23(43)15-22-5-1-2-6-24(22)25)36-17-26-29(27)38-31(45-19-32-7-3-11-41(32)12-4-8-32)39-30(26)40-13-9-33(44,10-14-40)18-42-21-35-20-37-42/h1-2,5-6,15-17,20-21,43-44H,3-4,7-14,18-19H2. The summed E-state index contributed by atoms with van der Waals surface area (Å²) in [4.78, 5) is 22.6. The number of anilines is 1. The Hall–Kier alpha value is -4.42. The topological polar surface area (TPSA) is 126 Å². The van der Waals surface area contributed by atoms with Gasteiger partial charge < -0.3 is 19.8 Å². The van der Waals surface area contributed by atoms with Crippen molar-refractivity contribution in [3.8, 4) is 23.0 Å². The highest BCUT2D eigenvalue weighted by molar-refractivity contribution is 5.99. The number of hydrogen-bond donors (Lipinski definition) is 2. The Morgan fingerprint density at radius 1 is 0.956 bits per heavy atom. The molecule has 0 spiro atoms. The number of fused-ring (bicyclic) bond motifs is 3. The van der Waals surface area contributed by atoms with Crippen molar-refractivity contribution >= 4 is 27.5 Å². The number of ether oxygens (including phenoxy) is 1. The molecule has 0 amide bonds. The van der Waals surface area contributed by atoms with E-state index in [2.05, 4.69) is 25.0 Å². The van der Waals surface area contributed by atoms with Crippen LogP contribution < -0.4 is 9.64 Å². The van der Waals surface area contributed by atoms with Gasteiger partial charge in [-0.05, 0) is 74.5 Å². The minimum atomic E-state index is -0.951. The molecular weight excluding hydrogens is 575 g/mol. The average molecular weight is 611 g/mol. The van der Waals surface area contributed by atoms with Crippen LogP contribution in [0.4, 0.5) is 10.2 Å². The van der Waals surface area contributed by atoms with Gasteiger partial charge in [0.15, 0.2) is 5.82 Å². The van der Waals surface area contributed by atoms with Gasteiger partial charge in [-0.25, -0.2) is 9.37 Å². The van der Waals surface area contributed by atoms with Gasteiger partial charge in [-0.2, -0.15) is 15.1 Å². The molecule has 0 saturated carbocycles. The normalized spacial score (nSPS) is 19.4. The number of rotatable bonds is 7. The molecule has 12 heteroatoms. The lowest BCUT2D eigenvalue weighted by atomic mass is 9.91. The third kappa shape index (κ3) is 5.01. The number of hydrogen-bond acceptors (Lipinski definition) is 10. The molecule has 232 valence electrons. The maximum Gasteiger partial charge on any atom is 0.319 e. The van der Waals surface area contributed by atoms with E-state index in [4.69, 9.17) is 9.72 Å². The van der Waals surface area contributed by atoms with Crippen molar-refractivity contribution in [2.45, 2.75) is 56.2 Å². The first-order valence-electron chi connectivity index (χ1n) is 15.7. The Morgan fingerprint density at radius 3 is 2.53 bits per heavy atom. The fourth-order valence-electron chi connectivity index (χ4n) is 7.57. The quantitative estimate of drug-likeness (QED) is 0.275. The third-order valence-electron chi connectivity index (χ3n) is 9.94. The minimum Gasteiger partial charge on any atom is -0.508 e. The van der Waals surface area contributed by atoms with Crippen molar-refractivity contribution in [1.29, 1.82) is 0 Å². The first kappa shape index (κ1) is 28.1. The number of pyridine rings is 1. The van der Waals surface area contributed by atoms with E-state index in [0.717, 1.165) is 49.5 Å². The van der Waals surface area contributed by atoms with Crippen molar-refractivity contribution < 1.29 is 19.3 Å². The van der Waals surface area contributed by atoms with Gasteiger partial charge in [0.2, 0.25) is 0 Å². The fourth-order valence-corrected chi connectivity index (χ4v) is 7.57. The van der Waals surface area contributed by atoms with Gasteiger partial charge in [0.05, 0.1) is 23.1 Å². The van der Waals surface area contributed by atoms with Crippen LogP contribution >= 0.6 is 0 Å². The summed E-state index contributed by atoms with van der Waals surface area (Å²) in [5.74, 6) is -0.0391. The molecule has 3 aliphatic rings. The SMILES string of the molecule is Oc1cc(-c2ncc3c(N4CCC(O)(Cn5cncn5)CC4)nc(OCC45CCCN4CCC5)nc3c2F)c2ccccc2c1. The smallest absolute Gasteiger partial charge is 0.319 e. The van der Waals surface area contributed by atoms with Crippen LogP contribution in [0.15, 0.2) is 55.2 Å². The van der Waals surface area contributed by atoms with Crippen LogP contribution in [-0.4, -0.2) is 88.8 Å². The van der Waals surface area contributed by atoms with E-state index >= 15 is 4.39 Å². The molecule has 8 rings (SSSR count). The lowest BCUT2D eigenvalue weighted by molar-refractivity contribution is -0.00319. The van der Waals surface area contributed by atoms with Crippen molar-refractivity contribution in [2.75, 3.05) is 37.7 Å². The van der Waals surface area contributed by atoms with E-state index in [-0.39, 0.29) is 28.5 Å². The zero-order valence-electron chi connectivity index (χ0n) is 24.9. The summed E-state index contributed by atoms with van der Waals surface area (Å²) in [6, 6.07) is 10.8. The molecule has 0 unspecified atom stereocenters. The van der Waals surface area contributed by atoms with Crippen LogP contribution in [-0.2, 0) is 6.54 Å². The highest BCUT2D eigenvalue weighted by Gasteiger charge is 2.45. The molecule has 0 aliphatic carbocycles. The molecule has 2 aromatic carbocycles. The van der Waals surface area contributed by atoms with Crippen LogP contribution in [0.3, 0.4) is 0 Å². The molecule has 3 aromatic heterocycles. The summed E-state index contributed by atoms with van der Waals surface area (Å²) in [6.07, 6.45) is 10.0. The largest absolute Gasteiger partial charge is 0.508 e. The van der Waals surface area contributed by atoms with Crippen molar-refractivity contribution in [2.24, 2.45) is 0 Å². The van der Waals surface area contributed by atoms with Gasteiger partial charge >= 0.3 is 6.01 Å². The number of phenolic OH excluding ortho intramolecular Hbond substituents is 1. The van der Waals surface area contributed by atoms with Gasteiger partial charge in [-0.1, -0.05) is 24.3 Å². The molecule has 3 fully saturated rings. The average Bonchev–Trinajstić information content (AvgIpc) is 3.78. The summed E-state index contributed by atoms with van der Waals surface area (Å²) in [6.45, 7) is 3.92. The molecule has 0 atom stereocenters. The Bertz CT molecular complexity index is 1870. The highest BCUT2D eigenvalue weighted by Crippen LogP contribution is 2.41. The minimum absolute atomic E-state index is 0.0239. The van der Waals surface area contributed by atoms with E-state index in [1.807, 2.05) is 29.2 Å². The van der Waals surface area contributed by atoms with Gasteiger partial charge in [-0.3, -0.25) is 14.6 Å². The predicted octanol–water partition coefficient (Wildman–Crippen LogP) is 4.32. The van der Waals surface area contributed by atoms with E-state index < -0.39 is 11.4 Å². The lowest BCUT2D eigenvalue weighted by Crippen LogP contribution is -2.47. The van der Waals surface area contributed by atoms with Crippen molar-refractivity contribution in [1.82, 2.24) is 34.6 Å². The third-order valence-corrected chi connectivity index (χ3v) is 9.94. The van der Waals surface area contributed by atoms with E-state index in [0.29, 0.717) is 55.9 Å². The molecular formula is C33H35FN8O3. The summed E-state index contributed by atoms with van der Waals surface area (Å²) < 4.78 is 24.6. The Balaban J connectivity index is 1.18. The van der Waals surface area contributed by atoms with Gasteiger partial charge in [0.1, 0.15) is 42.0 Å². The first-order valence-corrected chi connectivity index (χ1v) is 15.7. The molecule has 11 nitrogen and oxygen atoms in total. The Kier molecular flexibility index (Phi) is 6.79. The number of aromatic nitrogens is 6. The van der Waals surface area contributed by atoms with Crippen LogP contribution in [0.2, 0.25) is 0 Å². The van der Waals surface area contributed by atoms with Crippen LogP contribution in [0.25, 0.3) is 32.9 Å². The monoisotopic (exact) mass is 610 g/mol. The van der Waals surface area contributed by atoms with E-state index in [1.165, 1.54) is 12.4 Å². The number of halogens is 1. The fraction of sp³-hybridized carbons (Fsp3) is 0.424. The highest BCUT2D eigenvalue weighted by atomic mass is 19.1. The number of benzene rings is 2. The van der Waals surface area contributed by atoms with Crippen LogP contribution in [0, 0.1) is 5.82 Å². The summed E-state index contributed by atoms with van der Waals surface area (Å²) in [5, 5.41) is 28.0. The Labute approximate surface area is 259 Å². The number of aromatic hydroxyl groups is 1. The zero-order chi connectivity index (χ0) is 30.6. The van der Waals surface area contributed by atoms with Crippen molar-refractivity contribution in [3.05, 3.63) is 61.1 Å². The van der Waals surface area contributed by atoms with Gasteiger partial charge in [0.25, 0.3) is 0 Å². The molecule has 2 N–H and O–H groups in total. The summed E-state index contributed by atoms with van der Waals surface area (Å²) >= 11 is 0. The predicted molar refractivity (Wildman–Crippen MR) is 167 cm³/mol. The number of aliphatic hydroxyl groups is 1.